The van der Waals surface area contributed by atoms with Gasteiger partial charge in [-0.25, -0.2) is 4.79 Å². The standard InChI is InChI=1S/C12H20N2O4/c15-11(8-18-9-3-5-13-6-4-9)14-7-1-2-10(14)12(16)17/h9-10,13H,1-8H2,(H,16,17). The highest BCUT2D eigenvalue weighted by Gasteiger charge is 2.34. The zero-order chi connectivity index (χ0) is 13.0. The number of piperidine rings is 1. The van der Waals surface area contributed by atoms with E-state index in [1.165, 1.54) is 4.90 Å². The van der Waals surface area contributed by atoms with E-state index in [1.807, 2.05) is 0 Å². The first-order chi connectivity index (χ1) is 8.68. The summed E-state index contributed by atoms with van der Waals surface area (Å²) >= 11 is 0. The fourth-order valence-corrected chi connectivity index (χ4v) is 2.56. The van der Waals surface area contributed by atoms with Crippen LogP contribution in [0.4, 0.5) is 0 Å². The maximum Gasteiger partial charge on any atom is 0.326 e. The Morgan fingerprint density at radius 1 is 1.28 bits per heavy atom. The van der Waals surface area contributed by atoms with Crippen LogP contribution >= 0.6 is 0 Å². The molecule has 102 valence electrons. The maximum atomic E-state index is 11.9. The fourth-order valence-electron chi connectivity index (χ4n) is 2.56. The topological polar surface area (TPSA) is 78.9 Å². The molecule has 2 aliphatic rings. The Balaban J connectivity index is 1.78. The van der Waals surface area contributed by atoms with E-state index in [-0.39, 0.29) is 18.6 Å². The normalized spacial score (nSPS) is 25.3. The summed E-state index contributed by atoms with van der Waals surface area (Å²) in [6.07, 6.45) is 3.26. The minimum absolute atomic E-state index is 0.00838. The van der Waals surface area contributed by atoms with E-state index in [1.54, 1.807) is 0 Å². The monoisotopic (exact) mass is 256 g/mol. The van der Waals surface area contributed by atoms with Crippen molar-refractivity contribution in [2.24, 2.45) is 0 Å². The van der Waals surface area contributed by atoms with E-state index < -0.39 is 12.0 Å². The van der Waals surface area contributed by atoms with Crippen LogP contribution in [-0.2, 0) is 14.3 Å². The Bertz CT molecular complexity index is 315. The number of carbonyl (C=O) groups excluding carboxylic acids is 1. The predicted octanol–water partition coefficient (Wildman–Crippen LogP) is -0.169. The van der Waals surface area contributed by atoms with Crippen molar-refractivity contribution in [3.8, 4) is 0 Å². The quantitative estimate of drug-likeness (QED) is 0.730. The molecule has 2 aliphatic heterocycles. The van der Waals surface area contributed by atoms with Gasteiger partial charge in [0.2, 0.25) is 5.91 Å². The summed E-state index contributed by atoms with van der Waals surface area (Å²) in [4.78, 5) is 24.3. The van der Waals surface area contributed by atoms with Gasteiger partial charge in [0.1, 0.15) is 12.6 Å². The maximum absolute atomic E-state index is 11.9. The lowest BCUT2D eigenvalue weighted by Gasteiger charge is -2.25. The van der Waals surface area contributed by atoms with Crippen LogP contribution < -0.4 is 5.32 Å². The van der Waals surface area contributed by atoms with Gasteiger partial charge in [-0.3, -0.25) is 4.79 Å². The number of likely N-dealkylation sites (tertiary alicyclic amines) is 1. The molecule has 0 aromatic rings. The van der Waals surface area contributed by atoms with Gasteiger partial charge in [-0.2, -0.15) is 0 Å². The molecule has 1 unspecified atom stereocenters. The number of hydrogen-bond acceptors (Lipinski definition) is 4. The number of carboxylic acid groups (broad SMARTS) is 1. The molecule has 0 aliphatic carbocycles. The largest absolute Gasteiger partial charge is 0.480 e. The smallest absolute Gasteiger partial charge is 0.326 e. The molecule has 6 nitrogen and oxygen atoms in total. The Kier molecular flexibility index (Phi) is 4.54. The molecule has 0 radical (unpaired) electrons. The number of carboxylic acids is 1. The average molecular weight is 256 g/mol. The molecule has 2 rings (SSSR count). The van der Waals surface area contributed by atoms with E-state index in [2.05, 4.69) is 5.32 Å². The molecule has 0 saturated carbocycles. The van der Waals surface area contributed by atoms with Gasteiger partial charge in [-0.1, -0.05) is 0 Å². The number of nitrogens with one attached hydrogen (secondary N) is 1. The first-order valence-electron chi connectivity index (χ1n) is 6.53. The molecule has 2 heterocycles. The number of aliphatic carboxylic acids is 1. The molecule has 0 aromatic heterocycles. The van der Waals surface area contributed by atoms with Gasteiger partial charge in [-0.15, -0.1) is 0 Å². The molecule has 2 N–H and O–H groups in total. The summed E-state index contributed by atoms with van der Waals surface area (Å²) in [7, 11) is 0. The highest BCUT2D eigenvalue weighted by atomic mass is 16.5. The third-order valence-corrected chi connectivity index (χ3v) is 3.59. The summed E-state index contributed by atoms with van der Waals surface area (Å²) in [5.41, 5.74) is 0. The second-order valence-corrected chi connectivity index (χ2v) is 4.84. The third kappa shape index (κ3) is 3.20. The molecule has 0 spiro atoms. The lowest BCUT2D eigenvalue weighted by Crippen LogP contribution is -2.43. The van der Waals surface area contributed by atoms with Crippen LogP contribution in [0.3, 0.4) is 0 Å². The van der Waals surface area contributed by atoms with Crippen LogP contribution in [0.1, 0.15) is 25.7 Å². The Labute approximate surface area is 106 Å². The van der Waals surface area contributed by atoms with Crippen LogP contribution in [0.2, 0.25) is 0 Å². The van der Waals surface area contributed by atoms with Crippen LogP contribution in [0, 0.1) is 0 Å². The predicted molar refractivity (Wildman–Crippen MR) is 64.2 cm³/mol. The molecule has 0 aromatic carbocycles. The van der Waals surface area contributed by atoms with Crippen LogP contribution in [0.5, 0.6) is 0 Å². The summed E-state index contributed by atoms with van der Waals surface area (Å²) < 4.78 is 5.56. The summed E-state index contributed by atoms with van der Waals surface area (Å²) in [5, 5.41) is 12.2. The van der Waals surface area contributed by atoms with Crippen LogP contribution in [-0.4, -0.2) is 60.3 Å². The molecular formula is C12H20N2O4. The fraction of sp³-hybridized carbons (Fsp3) is 0.833. The Morgan fingerprint density at radius 2 is 2.00 bits per heavy atom. The molecule has 2 fully saturated rings. The number of amides is 1. The van der Waals surface area contributed by atoms with Crippen molar-refractivity contribution in [2.45, 2.75) is 37.8 Å². The number of carbonyl (C=O) groups is 2. The lowest BCUT2D eigenvalue weighted by molar-refractivity contribution is -0.151. The van der Waals surface area contributed by atoms with E-state index in [9.17, 15) is 9.59 Å². The molecule has 6 heteroatoms. The molecule has 0 bridgehead atoms. The van der Waals surface area contributed by atoms with Crippen molar-refractivity contribution < 1.29 is 19.4 Å². The van der Waals surface area contributed by atoms with Crippen LogP contribution in [0.25, 0.3) is 0 Å². The van der Waals surface area contributed by atoms with Gasteiger partial charge in [0.05, 0.1) is 6.10 Å². The van der Waals surface area contributed by atoms with Gasteiger partial charge in [0.25, 0.3) is 0 Å². The molecule has 18 heavy (non-hydrogen) atoms. The molecule has 1 amide bonds. The Hall–Kier alpha value is -1.14. The van der Waals surface area contributed by atoms with Gasteiger partial charge in [0, 0.05) is 6.54 Å². The van der Waals surface area contributed by atoms with Crippen molar-refractivity contribution in [3.63, 3.8) is 0 Å². The minimum atomic E-state index is -0.914. The van der Waals surface area contributed by atoms with Gasteiger partial charge in [-0.05, 0) is 38.8 Å². The second-order valence-electron chi connectivity index (χ2n) is 4.84. The minimum Gasteiger partial charge on any atom is -0.480 e. The third-order valence-electron chi connectivity index (χ3n) is 3.59. The van der Waals surface area contributed by atoms with E-state index in [0.717, 1.165) is 32.4 Å². The van der Waals surface area contributed by atoms with Gasteiger partial charge >= 0.3 is 5.97 Å². The second kappa shape index (κ2) is 6.15. The Morgan fingerprint density at radius 3 is 2.67 bits per heavy atom. The van der Waals surface area contributed by atoms with E-state index >= 15 is 0 Å². The highest BCUT2D eigenvalue weighted by molar-refractivity contribution is 5.84. The van der Waals surface area contributed by atoms with Gasteiger partial charge in [0.15, 0.2) is 0 Å². The first kappa shape index (κ1) is 13.3. The average Bonchev–Trinajstić information content (AvgIpc) is 2.86. The molecule has 1 atom stereocenters. The first-order valence-corrected chi connectivity index (χ1v) is 6.53. The van der Waals surface area contributed by atoms with Crippen molar-refractivity contribution in [1.29, 1.82) is 0 Å². The number of nitrogens with zero attached hydrogens (tertiary/aromatic N) is 1. The van der Waals surface area contributed by atoms with Crippen molar-refractivity contribution in [2.75, 3.05) is 26.2 Å². The number of hydrogen-bond donors (Lipinski definition) is 2. The summed E-state index contributed by atoms with van der Waals surface area (Å²) in [5.74, 6) is -1.11. The van der Waals surface area contributed by atoms with Gasteiger partial charge < -0.3 is 20.1 Å². The lowest BCUT2D eigenvalue weighted by atomic mass is 10.1. The molecule has 2 saturated heterocycles. The summed E-state index contributed by atoms with van der Waals surface area (Å²) in [6.45, 7) is 2.38. The van der Waals surface area contributed by atoms with E-state index in [0.29, 0.717) is 13.0 Å². The molecular weight excluding hydrogens is 236 g/mol. The summed E-state index contributed by atoms with van der Waals surface area (Å²) in [6, 6.07) is -0.658. The highest BCUT2D eigenvalue weighted by Crippen LogP contribution is 2.18. The SMILES string of the molecule is O=C(O)C1CCCN1C(=O)COC1CCNCC1. The zero-order valence-corrected chi connectivity index (χ0v) is 10.4. The number of ether oxygens (including phenoxy) is 1. The van der Waals surface area contributed by atoms with Crippen LogP contribution in [0.15, 0.2) is 0 Å². The zero-order valence-electron chi connectivity index (χ0n) is 10.4. The van der Waals surface area contributed by atoms with Crippen molar-refractivity contribution in [1.82, 2.24) is 10.2 Å². The van der Waals surface area contributed by atoms with Crippen molar-refractivity contribution >= 4 is 11.9 Å². The van der Waals surface area contributed by atoms with Crippen molar-refractivity contribution in [3.05, 3.63) is 0 Å². The van der Waals surface area contributed by atoms with E-state index in [4.69, 9.17) is 9.84 Å². The number of rotatable bonds is 4.